The van der Waals surface area contributed by atoms with Gasteiger partial charge in [-0.25, -0.2) is 13.8 Å². The largest absolute Gasteiger partial charge is 0.395 e. The first-order valence-corrected chi connectivity index (χ1v) is 9.11. The highest BCUT2D eigenvalue weighted by molar-refractivity contribution is 5.58. The Labute approximate surface area is 152 Å². The zero-order chi connectivity index (χ0) is 18.5. The second kappa shape index (κ2) is 8.70. The first kappa shape index (κ1) is 18.9. The Balaban J connectivity index is 1.87. The zero-order valence-electron chi connectivity index (χ0n) is 15.1. The summed E-state index contributed by atoms with van der Waals surface area (Å²) in [7, 11) is 1.97. The van der Waals surface area contributed by atoms with Gasteiger partial charge in [-0.15, -0.1) is 0 Å². The lowest BCUT2D eigenvalue weighted by molar-refractivity contribution is 0.216. The van der Waals surface area contributed by atoms with Gasteiger partial charge in [-0.05, 0) is 51.2 Å². The van der Waals surface area contributed by atoms with Gasteiger partial charge in [0.2, 0.25) is 0 Å². The Morgan fingerprint density at radius 3 is 2.69 bits per heavy atom. The fourth-order valence-corrected chi connectivity index (χ4v) is 3.37. The Hall–Kier alpha value is -1.83. The quantitative estimate of drug-likeness (QED) is 0.791. The molecule has 26 heavy (non-hydrogen) atoms. The van der Waals surface area contributed by atoms with Crippen LogP contribution in [0.1, 0.15) is 24.6 Å². The second-order valence-corrected chi connectivity index (χ2v) is 6.86. The third-order valence-electron chi connectivity index (χ3n) is 4.93. The molecule has 1 aromatic carbocycles. The highest BCUT2D eigenvalue weighted by Gasteiger charge is 2.22. The van der Waals surface area contributed by atoms with Crippen LogP contribution in [0.2, 0.25) is 0 Å². The van der Waals surface area contributed by atoms with Crippen LogP contribution in [-0.2, 0) is 6.54 Å². The molecule has 1 saturated heterocycles. The van der Waals surface area contributed by atoms with Crippen LogP contribution >= 0.6 is 0 Å². The van der Waals surface area contributed by atoms with E-state index in [1.807, 2.05) is 13.2 Å². The molecule has 3 rings (SSSR count). The van der Waals surface area contributed by atoms with Crippen LogP contribution in [0.3, 0.4) is 0 Å². The molecule has 0 radical (unpaired) electrons. The van der Waals surface area contributed by atoms with Crippen LogP contribution in [0, 0.1) is 11.6 Å². The number of hydrogen-bond donors (Lipinski definition) is 2. The molecule has 2 aromatic rings. The fraction of sp³-hybridized carbons (Fsp3) is 0.526. The number of imidazole rings is 1. The molecule has 1 aliphatic rings. The predicted molar refractivity (Wildman–Crippen MR) is 97.0 cm³/mol. The van der Waals surface area contributed by atoms with Crippen molar-refractivity contribution in [1.29, 1.82) is 0 Å². The van der Waals surface area contributed by atoms with Crippen LogP contribution < -0.4 is 5.32 Å². The van der Waals surface area contributed by atoms with E-state index in [2.05, 4.69) is 14.8 Å². The number of benzene rings is 1. The standard InChI is InChI=1S/C19H26F2N4O/c1-24(10-11-26)8-9-25-13-18(15-2-3-16(20)17(21)12-15)23-19(25)14-4-6-22-7-5-14/h2-3,12-14,22,26H,4-11H2,1H3. The van der Waals surface area contributed by atoms with E-state index < -0.39 is 11.6 Å². The number of likely N-dealkylation sites (N-methyl/N-ethyl adjacent to an activating group) is 1. The number of piperidine rings is 1. The average Bonchev–Trinajstić information content (AvgIpc) is 3.07. The van der Waals surface area contributed by atoms with Crippen LogP contribution in [0.5, 0.6) is 0 Å². The van der Waals surface area contributed by atoms with Gasteiger partial charge in [0.1, 0.15) is 5.82 Å². The summed E-state index contributed by atoms with van der Waals surface area (Å²) in [4.78, 5) is 6.84. The highest BCUT2D eigenvalue weighted by Crippen LogP contribution is 2.28. The van der Waals surface area contributed by atoms with Crippen LogP contribution in [0.4, 0.5) is 8.78 Å². The van der Waals surface area contributed by atoms with Crippen LogP contribution in [0.25, 0.3) is 11.3 Å². The molecular weight excluding hydrogens is 338 g/mol. The van der Waals surface area contributed by atoms with E-state index in [4.69, 9.17) is 10.1 Å². The van der Waals surface area contributed by atoms with Gasteiger partial charge >= 0.3 is 0 Å². The topological polar surface area (TPSA) is 53.3 Å². The van der Waals surface area contributed by atoms with E-state index in [9.17, 15) is 8.78 Å². The van der Waals surface area contributed by atoms with Crippen LogP contribution in [0.15, 0.2) is 24.4 Å². The maximum Gasteiger partial charge on any atom is 0.159 e. The molecule has 0 spiro atoms. The van der Waals surface area contributed by atoms with Crippen LogP contribution in [-0.4, -0.2) is 59.4 Å². The van der Waals surface area contributed by atoms with Gasteiger partial charge in [0.25, 0.3) is 0 Å². The minimum atomic E-state index is -0.858. The van der Waals surface area contributed by atoms with Crippen molar-refractivity contribution in [3.63, 3.8) is 0 Å². The van der Waals surface area contributed by atoms with E-state index in [0.717, 1.165) is 50.9 Å². The summed E-state index contributed by atoms with van der Waals surface area (Å²) in [6.07, 6.45) is 3.96. The molecule has 5 nitrogen and oxygen atoms in total. The Morgan fingerprint density at radius 2 is 2.00 bits per heavy atom. The monoisotopic (exact) mass is 364 g/mol. The molecule has 0 aliphatic carbocycles. The van der Waals surface area contributed by atoms with E-state index in [1.54, 1.807) is 6.07 Å². The van der Waals surface area contributed by atoms with Gasteiger partial charge in [-0.3, -0.25) is 0 Å². The molecule has 0 saturated carbocycles. The molecule has 1 aliphatic heterocycles. The van der Waals surface area contributed by atoms with E-state index >= 15 is 0 Å². The normalized spacial score (nSPS) is 15.7. The van der Waals surface area contributed by atoms with Crippen molar-refractivity contribution in [3.05, 3.63) is 41.9 Å². The number of aromatic nitrogens is 2. The number of halogens is 2. The number of nitrogens with one attached hydrogen (secondary N) is 1. The first-order chi connectivity index (χ1) is 12.6. The van der Waals surface area contributed by atoms with Crippen molar-refractivity contribution in [3.8, 4) is 11.3 Å². The lowest BCUT2D eigenvalue weighted by Crippen LogP contribution is -2.30. The molecule has 0 bridgehead atoms. The summed E-state index contributed by atoms with van der Waals surface area (Å²) in [5, 5.41) is 12.4. The minimum absolute atomic E-state index is 0.127. The Kier molecular flexibility index (Phi) is 6.34. The number of aliphatic hydroxyl groups excluding tert-OH is 1. The summed E-state index contributed by atoms with van der Waals surface area (Å²) in [6.45, 7) is 4.19. The number of nitrogens with zero attached hydrogens (tertiary/aromatic N) is 3. The molecule has 142 valence electrons. The van der Waals surface area contributed by atoms with E-state index in [1.165, 1.54) is 6.07 Å². The molecule has 0 amide bonds. The van der Waals surface area contributed by atoms with Gasteiger partial charge in [0, 0.05) is 37.3 Å². The van der Waals surface area contributed by atoms with Crippen molar-refractivity contribution in [1.82, 2.24) is 19.8 Å². The van der Waals surface area contributed by atoms with Gasteiger partial charge in [-0.2, -0.15) is 0 Å². The minimum Gasteiger partial charge on any atom is -0.395 e. The van der Waals surface area contributed by atoms with E-state index in [-0.39, 0.29) is 6.61 Å². The Morgan fingerprint density at radius 1 is 1.23 bits per heavy atom. The third kappa shape index (κ3) is 4.47. The third-order valence-corrected chi connectivity index (χ3v) is 4.93. The lowest BCUT2D eigenvalue weighted by atomic mass is 9.97. The van der Waals surface area contributed by atoms with Gasteiger partial charge in [-0.1, -0.05) is 0 Å². The second-order valence-electron chi connectivity index (χ2n) is 6.86. The SMILES string of the molecule is CN(CCO)CCn1cc(-c2ccc(F)c(F)c2)nc1C1CCNCC1. The molecule has 1 aromatic heterocycles. The van der Waals surface area contributed by atoms with Crippen molar-refractivity contribution in [2.24, 2.45) is 0 Å². The highest BCUT2D eigenvalue weighted by atomic mass is 19.2. The maximum absolute atomic E-state index is 13.6. The molecule has 1 fully saturated rings. The molecular formula is C19H26F2N4O. The summed E-state index contributed by atoms with van der Waals surface area (Å²) in [6, 6.07) is 3.91. The number of rotatable bonds is 7. The van der Waals surface area contributed by atoms with E-state index in [0.29, 0.717) is 23.7 Å². The Bertz CT molecular complexity index is 728. The molecule has 2 heterocycles. The molecule has 7 heteroatoms. The van der Waals surface area contributed by atoms with Crippen molar-refractivity contribution in [2.75, 3.05) is 39.8 Å². The van der Waals surface area contributed by atoms with Crippen molar-refractivity contribution >= 4 is 0 Å². The van der Waals surface area contributed by atoms with Crippen molar-refractivity contribution < 1.29 is 13.9 Å². The van der Waals surface area contributed by atoms with Gasteiger partial charge in [0.05, 0.1) is 12.3 Å². The van der Waals surface area contributed by atoms with Crippen molar-refractivity contribution in [2.45, 2.75) is 25.3 Å². The molecule has 0 atom stereocenters. The summed E-state index contributed by atoms with van der Waals surface area (Å²) in [5.74, 6) is -0.345. The first-order valence-electron chi connectivity index (χ1n) is 9.11. The summed E-state index contributed by atoms with van der Waals surface area (Å²) in [5.41, 5.74) is 1.25. The maximum atomic E-state index is 13.6. The molecule has 0 unspecified atom stereocenters. The average molecular weight is 364 g/mol. The van der Waals surface area contributed by atoms with Gasteiger partial charge < -0.3 is 19.9 Å². The summed E-state index contributed by atoms with van der Waals surface area (Å²) >= 11 is 0. The number of hydrogen-bond acceptors (Lipinski definition) is 4. The predicted octanol–water partition coefficient (Wildman–Crippen LogP) is 2.22. The lowest BCUT2D eigenvalue weighted by Gasteiger charge is -2.24. The van der Waals surface area contributed by atoms with Gasteiger partial charge in [0.15, 0.2) is 11.6 Å². The summed E-state index contributed by atoms with van der Waals surface area (Å²) < 4.78 is 29.0. The number of aliphatic hydroxyl groups is 1. The smallest absolute Gasteiger partial charge is 0.159 e. The fourth-order valence-electron chi connectivity index (χ4n) is 3.37. The molecule has 2 N–H and O–H groups in total. The zero-order valence-corrected chi connectivity index (χ0v) is 15.1.